The van der Waals surface area contributed by atoms with Crippen LogP contribution in [0.3, 0.4) is 0 Å². The molecular weight excluding hydrogens is 247 g/mol. The van der Waals surface area contributed by atoms with Crippen molar-refractivity contribution in [1.82, 2.24) is 4.98 Å². The number of nitrogens with zero attached hydrogens (tertiary/aromatic N) is 1. The summed E-state index contributed by atoms with van der Waals surface area (Å²) in [6.45, 7) is 3.39. The summed E-state index contributed by atoms with van der Waals surface area (Å²) < 4.78 is 13.5. The minimum atomic E-state index is -1.08. The molecule has 19 heavy (non-hydrogen) atoms. The standard InChI is InChI=1S/C14H13FN2O2/c1-8-6-13(10(7-16-8)14(18)19)17-12-5-3-4-11(15)9(12)2/h3-7H,1-2H3,(H,16,17)(H,18,19). The van der Waals surface area contributed by atoms with E-state index in [1.54, 1.807) is 32.0 Å². The summed E-state index contributed by atoms with van der Waals surface area (Å²) in [5.41, 5.74) is 2.10. The number of carbonyl (C=O) groups is 1. The number of aryl methyl sites for hydroxylation is 1. The summed E-state index contributed by atoms with van der Waals surface area (Å²) in [5, 5.41) is 12.0. The Morgan fingerprint density at radius 3 is 2.74 bits per heavy atom. The Hall–Kier alpha value is -2.43. The van der Waals surface area contributed by atoms with E-state index in [9.17, 15) is 9.18 Å². The van der Waals surface area contributed by atoms with Crippen LogP contribution in [-0.2, 0) is 0 Å². The summed E-state index contributed by atoms with van der Waals surface area (Å²) >= 11 is 0. The first-order valence-corrected chi connectivity index (χ1v) is 5.71. The molecule has 0 saturated heterocycles. The van der Waals surface area contributed by atoms with Crippen molar-refractivity contribution in [1.29, 1.82) is 0 Å². The molecule has 1 heterocycles. The molecule has 2 rings (SSSR count). The van der Waals surface area contributed by atoms with Crippen molar-refractivity contribution in [3.05, 3.63) is 53.1 Å². The van der Waals surface area contributed by atoms with Gasteiger partial charge < -0.3 is 10.4 Å². The van der Waals surface area contributed by atoms with Gasteiger partial charge in [0.1, 0.15) is 11.4 Å². The second-order valence-corrected chi connectivity index (χ2v) is 4.21. The maximum Gasteiger partial charge on any atom is 0.339 e. The minimum Gasteiger partial charge on any atom is -0.478 e. The fourth-order valence-electron chi connectivity index (χ4n) is 1.72. The molecule has 1 aromatic carbocycles. The quantitative estimate of drug-likeness (QED) is 0.889. The summed E-state index contributed by atoms with van der Waals surface area (Å²) in [6.07, 6.45) is 1.29. The molecule has 1 aromatic heterocycles. The number of benzene rings is 1. The van der Waals surface area contributed by atoms with Crippen molar-refractivity contribution in [2.24, 2.45) is 0 Å². The van der Waals surface area contributed by atoms with Gasteiger partial charge in [-0.25, -0.2) is 9.18 Å². The van der Waals surface area contributed by atoms with E-state index in [4.69, 9.17) is 5.11 Å². The molecule has 0 bridgehead atoms. The Balaban J connectivity index is 2.45. The average Bonchev–Trinajstić information content (AvgIpc) is 2.35. The maximum atomic E-state index is 13.5. The van der Waals surface area contributed by atoms with E-state index in [-0.39, 0.29) is 11.4 Å². The zero-order valence-corrected chi connectivity index (χ0v) is 10.6. The molecule has 0 amide bonds. The van der Waals surface area contributed by atoms with Gasteiger partial charge in [0.05, 0.1) is 5.69 Å². The molecule has 2 N–H and O–H groups in total. The number of aromatic nitrogens is 1. The number of carboxylic acid groups (broad SMARTS) is 1. The number of nitrogens with one attached hydrogen (secondary N) is 1. The van der Waals surface area contributed by atoms with Gasteiger partial charge in [0, 0.05) is 23.1 Å². The van der Waals surface area contributed by atoms with E-state index in [0.717, 1.165) is 0 Å². The third-order valence-electron chi connectivity index (χ3n) is 2.81. The number of carboxylic acids is 1. The summed E-state index contributed by atoms with van der Waals surface area (Å²) in [6, 6.07) is 6.24. The van der Waals surface area contributed by atoms with Gasteiger partial charge in [0.2, 0.25) is 0 Å². The highest BCUT2D eigenvalue weighted by molar-refractivity contribution is 5.95. The first-order chi connectivity index (χ1) is 8.99. The number of anilines is 2. The van der Waals surface area contributed by atoms with Gasteiger partial charge >= 0.3 is 5.97 Å². The van der Waals surface area contributed by atoms with Crippen LogP contribution in [0.2, 0.25) is 0 Å². The molecule has 0 aliphatic rings. The molecule has 4 nitrogen and oxygen atoms in total. The molecule has 0 unspecified atom stereocenters. The number of hydrogen-bond donors (Lipinski definition) is 2. The molecule has 0 aliphatic heterocycles. The molecule has 0 fully saturated rings. The van der Waals surface area contributed by atoms with Crippen LogP contribution in [0, 0.1) is 19.7 Å². The van der Waals surface area contributed by atoms with E-state index in [1.807, 2.05) is 0 Å². The van der Waals surface area contributed by atoms with E-state index < -0.39 is 5.97 Å². The Morgan fingerprint density at radius 2 is 2.05 bits per heavy atom. The second-order valence-electron chi connectivity index (χ2n) is 4.21. The molecular formula is C14H13FN2O2. The Labute approximate surface area is 109 Å². The molecule has 0 atom stereocenters. The highest BCUT2D eigenvalue weighted by atomic mass is 19.1. The fourth-order valence-corrected chi connectivity index (χ4v) is 1.72. The largest absolute Gasteiger partial charge is 0.478 e. The topological polar surface area (TPSA) is 62.2 Å². The second kappa shape index (κ2) is 5.06. The van der Waals surface area contributed by atoms with Crippen LogP contribution in [0.1, 0.15) is 21.6 Å². The molecule has 0 saturated carbocycles. The van der Waals surface area contributed by atoms with Gasteiger partial charge in [-0.1, -0.05) is 6.07 Å². The van der Waals surface area contributed by atoms with Crippen LogP contribution >= 0.6 is 0 Å². The van der Waals surface area contributed by atoms with Crippen LogP contribution in [-0.4, -0.2) is 16.1 Å². The lowest BCUT2D eigenvalue weighted by Crippen LogP contribution is -2.05. The monoisotopic (exact) mass is 260 g/mol. The third-order valence-corrected chi connectivity index (χ3v) is 2.81. The minimum absolute atomic E-state index is 0.0502. The van der Waals surface area contributed by atoms with Crippen molar-refractivity contribution in [2.75, 3.05) is 5.32 Å². The van der Waals surface area contributed by atoms with Gasteiger partial charge in [-0.2, -0.15) is 0 Å². The third kappa shape index (κ3) is 2.70. The van der Waals surface area contributed by atoms with Gasteiger partial charge in [-0.3, -0.25) is 4.98 Å². The SMILES string of the molecule is Cc1cc(Nc2cccc(F)c2C)c(C(=O)O)cn1. The highest BCUT2D eigenvalue weighted by Crippen LogP contribution is 2.25. The normalized spacial score (nSPS) is 10.3. The molecule has 0 radical (unpaired) electrons. The first-order valence-electron chi connectivity index (χ1n) is 5.71. The number of halogens is 1. The first kappa shape index (κ1) is 13.0. The van der Waals surface area contributed by atoms with Crippen molar-refractivity contribution in [3.63, 3.8) is 0 Å². The van der Waals surface area contributed by atoms with Crippen molar-refractivity contribution in [3.8, 4) is 0 Å². The molecule has 5 heteroatoms. The van der Waals surface area contributed by atoms with E-state index in [0.29, 0.717) is 22.6 Å². The summed E-state index contributed by atoms with van der Waals surface area (Å²) in [5.74, 6) is -1.42. The zero-order valence-electron chi connectivity index (χ0n) is 10.6. The lowest BCUT2D eigenvalue weighted by atomic mass is 10.1. The van der Waals surface area contributed by atoms with E-state index >= 15 is 0 Å². The van der Waals surface area contributed by atoms with Gasteiger partial charge in [0.15, 0.2) is 0 Å². The molecule has 2 aromatic rings. The van der Waals surface area contributed by atoms with Crippen molar-refractivity contribution < 1.29 is 14.3 Å². The Kier molecular flexibility index (Phi) is 3.46. The van der Waals surface area contributed by atoms with E-state index in [2.05, 4.69) is 10.3 Å². The Morgan fingerprint density at radius 1 is 1.32 bits per heavy atom. The number of aromatic carboxylic acids is 1. The fraction of sp³-hybridized carbons (Fsp3) is 0.143. The number of rotatable bonds is 3. The predicted molar refractivity (Wildman–Crippen MR) is 70.4 cm³/mol. The maximum absolute atomic E-state index is 13.5. The average molecular weight is 260 g/mol. The van der Waals surface area contributed by atoms with Gasteiger partial charge in [0.25, 0.3) is 0 Å². The Bertz CT molecular complexity index is 641. The van der Waals surface area contributed by atoms with Gasteiger partial charge in [-0.15, -0.1) is 0 Å². The van der Waals surface area contributed by atoms with E-state index in [1.165, 1.54) is 12.3 Å². The summed E-state index contributed by atoms with van der Waals surface area (Å²) in [7, 11) is 0. The number of pyridine rings is 1. The number of hydrogen-bond acceptors (Lipinski definition) is 3. The highest BCUT2D eigenvalue weighted by Gasteiger charge is 2.12. The summed E-state index contributed by atoms with van der Waals surface area (Å²) in [4.78, 5) is 15.1. The van der Waals surface area contributed by atoms with Crippen molar-refractivity contribution >= 4 is 17.3 Å². The predicted octanol–water partition coefficient (Wildman–Crippen LogP) is 3.28. The lowest BCUT2D eigenvalue weighted by molar-refractivity contribution is 0.0697. The molecule has 0 aliphatic carbocycles. The van der Waals surface area contributed by atoms with Crippen molar-refractivity contribution in [2.45, 2.75) is 13.8 Å². The zero-order chi connectivity index (χ0) is 14.0. The molecule has 98 valence electrons. The van der Waals surface area contributed by atoms with Crippen LogP contribution in [0.25, 0.3) is 0 Å². The van der Waals surface area contributed by atoms with Gasteiger partial charge in [-0.05, 0) is 32.0 Å². The van der Waals surface area contributed by atoms with Crippen LogP contribution in [0.5, 0.6) is 0 Å². The van der Waals surface area contributed by atoms with Crippen LogP contribution < -0.4 is 5.32 Å². The smallest absolute Gasteiger partial charge is 0.339 e. The molecule has 0 spiro atoms. The lowest BCUT2D eigenvalue weighted by Gasteiger charge is -2.12. The van der Waals surface area contributed by atoms with Crippen LogP contribution in [0.4, 0.5) is 15.8 Å². The van der Waals surface area contributed by atoms with Crippen LogP contribution in [0.15, 0.2) is 30.5 Å².